The standard InChI is InChI=1S/C19H29NS/c1-12(2)21(6)11-18(21)20-15(5)19-16-8-7-14(4)17(19)10-13(3)9-16/h9-10,14,16,18-20H,1,5,7-8,11H2,2-4,6H3. The van der Waals surface area contributed by atoms with Gasteiger partial charge in [-0.05, 0) is 49.7 Å². The monoisotopic (exact) mass is 303 g/mol. The molecule has 0 spiro atoms. The Hall–Kier alpha value is -0.890. The summed E-state index contributed by atoms with van der Waals surface area (Å²) in [6.07, 6.45) is 9.90. The zero-order valence-electron chi connectivity index (χ0n) is 13.9. The van der Waals surface area contributed by atoms with Gasteiger partial charge in [-0.1, -0.05) is 43.4 Å². The molecule has 2 heteroatoms. The average Bonchev–Trinajstić information content (AvgIpc) is 3.05. The normalized spacial score (nSPS) is 44.0. The van der Waals surface area contributed by atoms with Crippen LogP contribution in [0.1, 0.15) is 33.6 Å². The highest BCUT2D eigenvalue weighted by molar-refractivity contribution is 8.42. The molecule has 21 heavy (non-hydrogen) atoms. The molecule has 1 aliphatic heterocycles. The number of nitrogens with one attached hydrogen (secondary N) is 1. The number of hydrogen-bond donors (Lipinski definition) is 1. The Kier molecular flexibility index (Phi) is 3.64. The van der Waals surface area contributed by atoms with Crippen LogP contribution in [0.25, 0.3) is 0 Å². The predicted molar refractivity (Wildman–Crippen MR) is 96.5 cm³/mol. The first-order valence-corrected chi connectivity index (χ1v) is 10.4. The Morgan fingerprint density at radius 2 is 2.05 bits per heavy atom. The summed E-state index contributed by atoms with van der Waals surface area (Å²) in [5.41, 5.74) is 4.30. The Morgan fingerprint density at radius 3 is 2.67 bits per heavy atom. The number of allylic oxidation sites excluding steroid dienone is 5. The molecule has 2 fully saturated rings. The highest BCUT2D eigenvalue weighted by atomic mass is 32.3. The molecule has 3 aliphatic rings. The summed E-state index contributed by atoms with van der Waals surface area (Å²) in [6, 6.07) is 0. The van der Waals surface area contributed by atoms with Gasteiger partial charge in [-0.2, -0.15) is 10.0 Å². The topological polar surface area (TPSA) is 12.0 Å². The van der Waals surface area contributed by atoms with E-state index >= 15 is 0 Å². The van der Waals surface area contributed by atoms with Crippen molar-refractivity contribution in [2.24, 2.45) is 17.8 Å². The first-order valence-electron chi connectivity index (χ1n) is 8.08. The second-order valence-corrected chi connectivity index (χ2v) is 11.3. The number of hydrogen-bond acceptors (Lipinski definition) is 1. The van der Waals surface area contributed by atoms with E-state index in [1.165, 1.54) is 34.8 Å². The lowest BCUT2D eigenvalue weighted by Gasteiger charge is -2.40. The maximum Gasteiger partial charge on any atom is 0.0680 e. The zero-order chi connectivity index (χ0) is 15.4. The molecular weight excluding hydrogens is 274 g/mol. The van der Waals surface area contributed by atoms with Gasteiger partial charge < -0.3 is 5.32 Å². The van der Waals surface area contributed by atoms with Crippen molar-refractivity contribution in [1.82, 2.24) is 5.32 Å². The Labute approximate surface area is 131 Å². The van der Waals surface area contributed by atoms with Crippen LogP contribution in [0.15, 0.2) is 47.1 Å². The zero-order valence-corrected chi connectivity index (χ0v) is 14.7. The van der Waals surface area contributed by atoms with E-state index in [-0.39, 0.29) is 0 Å². The molecule has 2 aliphatic carbocycles. The lowest BCUT2D eigenvalue weighted by molar-refractivity contribution is 0.328. The van der Waals surface area contributed by atoms with Gasteiger partial charge in [0.1, 0.15) is 0 Å². The average molecular weight is 304 g/mol. The van der Waals surface area contributed by atoms with Crippen molar-refractivity contribution in [3.05, 3.63) is 47.1 Å². The van der Waals surface area contributed by atoms with E-state index in [9.17, 15) is 0 Å². The van der Waals surface area contributed by atoms with E-state index in [4.69, 9.17) is 0 Å². The van der Waals surface area contributed by atoms with Crippen LogP contribution in [0.2, 0.25) is 0 Å². The third kappa shape index (κ3) is 2.52. The fourth-order valence-corrected chi connectivity index (χ4v) is 6.41. The maximum absolute atomic E-state index is 4.43. The lowest BCUT2D eigenvalue weighted by Crippen LogP contribution is -2.34. The van der Waals surface area contributed by atoms with Gasteiger partial charge in [0.25, 0.3) is 0 Å². The molecule has 1 nitrogen and oxygen atoms in total. The van der Waals surface area contributed by atoms with Crippen molar-refractivity contribution in [1.29, 1.82) is 0 Å². The summed E-state index contributed by atoms with van der Waals surface area (Å²) in [5, 5.41) is 4.39. The van der Waals surface area contributed by atoms with Crippen LogP contribution in [0.3, 0.4) is 0 Å². The molecule has 3 rings (SSSR count). The van der Waals surface area contributed by atoms with E-state index in [0.29, 0.717) is 23.1 Å². The second-order valence-electron chi connectivity index (χ2n) is 7.36. The van der Waals surface area contributed by atoms with E-state index in [1.54, 1.807) is 5.57 Å². The third-order valence-corrected chi connectivity index (χ3v) is 9.42. The Bertz CT molecular complexity index is 556. The molecule has 116 valence electrons. The molecule has 1 N–H and O–H groups in total. The van der Waals surface area contributed by atoms with Gasteiger partial charge in [-0.3, -0.25) is 0 Å². The minimum Gasteiger partial charge on any atom is -0.377 e. The molecular formula is C19H29NS. The molecule has 5 unspecified atom stereocenters. The molecule has 2 bridgehead atoms. The van der Waals surface area contributed by atoms with Gasteiger partial charge in [0, 0.05) is 17.4 Å². The maximum atomic E-state index is 4.43. The molecule has 0 aromatic heterocycles. The van der Waals surface area contributed by atoms with Crippen molar-refractivity contribution in [2.75, 3.05) is 12.0 Å². The third-order valence-electron chi connectivity index (χ3n) is 5.69. The summed E-state index contributed by atoms with van der Waals surface area (Å²) in [7, 11) is -0.614. The highest BCUT2D eigenvalue weighted by Gasteiger charge is 2.47. The smallest absolute Gasteiger partial charge is 0.0680 e. The summed E-state index contributed by atoms with van der Waals surface area (Å²) in [4.78, 5) is 1.37. The molecule has 1 saturated carbocycles. The molecule has 0 radical (unpaired) electrons. The summed E-state index contributed by atoms with van der Waals surface area (Å²) in [5.74, 6) is 3.16. The van der Waals surface area contributed by atoms with Crippen LogP contribution in [-0.2, 0) is 0 Å². The van der Waals surface area contributed by atoms with Crippen LogP contribution < -0.4 is 5.32 Å². The Balaban J connectivity index is 1.74. The minimum absolute atomic E-state index is 0.520. The first-order chi connectivity index (χ1) is 9.83. The van der Waals surface area contributed by atoms with Gasteiger partial charge >= 0.3 is 0 Å². The molecule has 0 aromatic rings. The quantitative estimate of drug-likeness (QED) is 0.725. The largest absolute Gasteiger partial charge is 0.377 e. The van der Waals surface area contributed by atoms with E-state index < -0.39 is 10.0 Å². The molecule has 1 saturated heterocycles. The predicted octanol–water partition coefficient (Wildman–Crippen LogP) is 4.95. The van der Waals surface area contributed by atoms with Crippen molar-refractivity contribution >= 4 is 10.0 Å². The van der Waals surface area contributed by atoms with Crippen molar-refractivity contribution in [2.45, 2.75) is 39.0 Å². The number of fused-ring (bicyclic) bond motifs is 2. The number of rotatable bonds is 4. The van der Waals surface area contributed by atoms with Gasteiger partial charge in [-0.25, -0.2) is 0 Å². The molecule has 0 aromatic carbocycles. The van der Waals surface area contributed by atoms with Crippen LogP contribution in [-0.4, -0.2) is 17.4 Å². The van der Waals surface area contributed by atoms with Gasteiger partial charge in [0.2, 0.25) is 0 Å². The van der Waals surface area contributed by atoms with Gasteiger partial charge in [0.05, 0.1) is 5.37 Å². The van der Waals surface area contributed by atoms with Crippen LogP contribution >= 0.6 is 10.0 Å². The molecule has 0 amide bonds. The fourth-order valence-electron chi connectivity index (χ4n) is 3.98. The molecule has 5 atom stereocenters. The van der Waals surface area contributed by atoms with Crippen LogP contribution in [0.4, 0.5) is 0 Å². The minimum atomic E-state index is -0.614. The molecule has 1 heterocycles. The Morgan fingerprint density at radius 1 is 1.33 bits per heavy atom. The van der Waals surface area contributed by atoms with E-state index in [0.717, 1.165) is 0 Å². The first kappa shape index (κ1) is 15.0. The van der Waals surface area contributed by atoms with Gasteiger partial charge in [-0.15, -0.1) is 0 Å². The lowest BCUT2D eigenvalue weighted by atomic mass is 9.66. The SMILES string of the molecule is C=C(NC1CS1(C)C(=C)C)C1C2=CC(C)=CC1CCC2C. The summed E-state index contributed by atoms with van der Waals surface area (Å²) < 4.78 is 0. The summed E-state index contributed by atoms with van der Waals surface area (Å²) in [6.45, 7) is 15.4. The van der Waals surface area contributed by atoms with Crippen LogP contribution in [0.5, 0.6) is 0 Å². The van der Waals surface area contributed by atoms with Crippen LogP contribution in [0, 0.1) is 17.8 Å². The highest BCUT2D eigenvalue weighted by Crippen LogP contribution is 2.69. The van der Waals surface area contributed by atoms with Crippen molar-refractivity contribution < 1.29 is 0 Å². The van der Waals surface area contributed by atoms with E-state index in [1.807, 2.05) is 0 Å². The second kappa shape index (κ2) is 5.08. The van der Waals surface area contributed by atoms with E-state index in [2.05, 4.69) is 57.7 Å². The summed E-state index contributed by atoms with van der Waals surface area (Å²) >= 11 is 0. The fraction of sp³-hybridized carbons (Fsp3) is 0.579. The van der Waals surface area contributed by atoms with Crippen molar-refractivity contribution in [3.8, 4) is 0 Å². The van der Waals surface area contributed by atoms with Gasteiger partial charge in [0.15, 0.2) is 0 Å². The van der Waals surface area contributed by atoms with Crippen molar-refractivity contribution in [3.63, 3.8) is 0 Å².